The van der Waals surface area contributed by atoms with Gasteiger partial charge in [-0.3, -0.25) is 0 Å². The van der Waals surface area contributed by atoms with E-state index in [1.165, 1.54) is 17.7 Å². The first-order chi connectivity index (χ1) is 20.6. The molecule has 1 N–H and O–H groups in total. The number of nitrogens with one attached hydrogen (secondary N) is 1. The molecule has 3 aromatic carbocycles. The van der Waals surface area contributed by atoms with Gasteiger partial charge >= 0.3 is 0 Å². The number of ether oxygens (including phenoxy) is 4. The Balaban J connectivity index is 1.03. The number of rotatable bonds is 11. The number of methoxy groups -OCH3 is 1. The second-order valence-electron chi connectivity index (χ2n) is 11.3. The van der Waals surface area contributed by atoms with Crippen LogP contribution in [0.4, 0.5) is 20.2 Å². The fourth-order valence-corrected chi connectivity index (χ4v) is 6.06. The molecule has 9 heteroatoms. The smallest absolute Gasteiger partial charge is 0.142 e. The van der Waals surface area contributed by atoms with E-state index in [2.05, 4.69) is 40.5 Å². The molecule has 2 saturated heterocycles. The second kappa shape index (κ2) is 13.3. The normalized spacial score (nSPS) is 20.5. The molecule has 0 saturated carbocycles. The number of anilines is 2. The van der Waals surface area contributed by atoms with Gasteiger partial charge in [0.1, 0.15) is 35.8 Å². The summed E-state index contributed by atoms with van der Waals surface area (Å²) < 4.78 is 50.9. The van der Waals surface area contributed by atoms with Crippen LogP contribution < -0.4 is 24.6 Å². The molecule has 3 heterocycles. The first-order valence-electron chi connectivity index (χ1n) is 14.9. The molecular formula is C33H39F2N3O4. The van der Waals surface area contributed by atoms with Crippen molar-refractivity contribution in [3.63, 3.8) is 0 Å². The van der Waals surface area contributed by atoms with Crippen LogP contribution >= 0.6 is 0 Å². The van der Waals surface area contributed by atoms with E-state index in [1.807, 2.05) is 17.0 Å². The van der Waals surface area contributed by atoms with Gasteiger partial charge in [0, 0.05) is 44.5 Å². The summed E-state index contributed by atoms with van der Waals surface area (Å²) in [7, 11) is 1.74. The lowest BCUT2D eigenvalue weighted by molar-refractivity contribution is 0.0106. The van der Waals surface area contributed by atoms with Crippen molar-refractivity contribution >= 4 is 11.4 Å². The first-order valence-corrected chi connectivity index (χ1v) is 14.9. The molecule has 0 spiro atoms. The summed E-state index contributed by atoms with van der Waals surface area (Å²) in [6, 6.07) is 18.2. The van der Waals surface area contributed by atoms with Crippen LogP contribution in [0.15, 0.2) is 60.7 Å². The minimum Gasteiger partial charge on any atom is -0.490 e. The molecule has 3 aliphatic rings. The highest BCUT2D eigenvalue weighted by atomic mass is 19.1. The highest BCUT2D eigenvalue weighted by Crippen LogP contribution is 2.34. The number of piperidine rings is 1. The first kappa shape index (κ1) is 28.7. The molecule has 3 aromatic rings. The van der Waals surface area contributed by atoms with Gasteiger partial charge in [-0.1, -0.05) is 18.2 Å². The molecule has 42 heavy (non-hydrogen) atoms. The van der Waals surface area contributed by atoms with Crippen LogP contribution in [0.3, 0.4) is 0 Å². The number of hydrogen-bond donors (Lipinski definition) is 1. The van der Waals surface area contributed by atoms with Gasteiger partial charge in [0.15, 0.2) is 0 Å². The van der Waals surface area contributed by atoms with Crippen molar-refractivity contribution in [2.45, 2.75) is 37.6 Å². The summed E-state index contributed by atoms with van der Waals surface area (Å²) >= 11 is 0. The number of halogens is 2. The fourth-order valence-electron chi connectivity index (χ4n) is 6.06. The predicted molar refractivity (Wildman–Crippen MR) is 159 cm³/mol. The average molecular weight is 580 g/mol. The summed E-state index contributed by atoms with van der Waals surface area (Å²) in [4.78, 5) is 4.29. The zero-order valence-electron chi connectivity index (χ0n) is 24.1. The Morgan fingerprint density at radius 1 is 1.00 bits per heavy atom. The third-order valence-electron chi connectivity index (χ3n) is 8.32. The Morgan fingerprint density at radius 2 is 1.81 bits per heavy atom. The van der Waals surface area contributed by atoms with Crippen molar-refractivity contribution < 1.29 is 27.7 Å². The number of fused-ring (bicyclic) bond motifs is 1. The van der Waals surface area contributed by atoms with Gasteiger partial charge in [0.05, 0.1) is 38.0 Å². The van der Waals surface area contributed by atoms with E-state index in [0.717, 1.165) is 74.4 Å². The Kier molecular flexibility index (Phi) is 9.07. The lowest BCUT2D eigenvalue weighted by Crippen LogP contribution is -2.54. The quantitative estimate of drug-likeness (QED) is 0.316. The molecule has 6 rings (SSSR count). The molecular weight excluding hydrogens is 540 g/mol. The van der Waals surface area contributed by atoms with E-state index in [4.69, 9.17) is 18.9 Å². The summed E-state index contributed by atoms with van der Waals surface area (Å²) in [6.45, 7) is 6.74. The van der Waals surface area contributed by atoms with E-state index in [-0.39, 0.29) is 18.1 Å². The van der Waals surface area contributed by atoms with Crippen LogP contribution in [0, 0.1) is 11.6 Å². The van der Waals surface area contributed by atoms with Crippen LogP contribution in [-0.4, -0.2) is 71.8 Å². The lowest BCUT2D eigenvalue weighted by Gasteiger charge is -2.40. The largest absolute Gasteiger partial charge is 0.490 e. The highest BCUT2D eigenvalue weighted by molar-refractivity contribution is 5.61. The van der Waals surface area contributed by atoms with E-state index >= 15 is 0 Å². The maximum Gasteiger partial charge on any atom is 0.142 e. The molecule has 224 valence electrons. The van der Waals surface area contributed by atoms with Crippen LogP contribution in [-0.2, 0) is 16.1 Å². The Morgan fingerprint density at radius 3 is 2.60 bits per heavy atom. The molecule has 0 radical (unpaired) electrons. The second-order valence-corrected chi connectivity index (χ2v) is 11.3. The topological polar surface area (TPSA) is 55.4 Å². The zero-order valence-corrected chi connectivity index (χ0v) is 24.1. The van der Waals surface area contributed by atoms with Crippen molar-refractivity contribution in [2.75, 3.05) is 69.4 Å². The van der Waals surface area contributed by atoms with Gasteiger partial charge in [-0.15, -0.1) is 0 Å². The van der Waals surface area contributed by atoms with Crippen molar-refractivity contribution in [3.8, 4) is 11.5 Å². The summed E-state index contributed by atoms with van der Waals surface area (Å²) in [5, 5.41) is 3.49. The van der Waals surface area contributed by atoms with Gasteiger partial charge in [-0.05, 0) is 66.9 Å². The fraction of sp³-hybridized carbons (Fsp3) is 0.455. The molecule has 0 aromatic heterocycles. The zero-order chi connectivity index (χ0) is 28.9. The number of hydrogen-bond acceptors (Lipinski definition) is 7. The van der Waals surface area contributed by atoms with Crippen molar-refractivity contribution in [3.05, 3.63) is 83.4 Å². The molecule has 7 nitrogen and oxygen atoms in total. The van der Waals surface area contributed by atoms with E-state index in [1.54, 1.807) is 7.11 Å². The van der Waals surface area contributed by atoms with Crippen LogP contribution in [0.1, 0.15) is 29.9 Å². The maximum absolute atomic E-state index is 13.5. The predicted octanol–water partition coefficient (Wildman–Crippen LogP) is 5.13. The standard InChI is InChI=1S/C33H39F2N3O4/c1-39-13-2-11-37-12-14-40-32-8-3-23(15-31(32)37)22-41-33-19-36-10-9-30(33)24-4-6-28(7-5-24)42-29-20-38(21-29)27-17-25(34)16-26(35)18-27/h3-8,15-18,29-30,33,36H,2,9-14,19-22H2,1H3/t30-,33+/m1/s1. The van der Waals surface area contributed by atoms with Gasteiger partial charge < -0.3 is 34.1 Å². The molecule has 2 atom stereocenters. The molecule has 0 amide bonds. The van der Waals surface area contributed by atoms with Crippen LogP contribution in [0.25, 0.3) is 0 Å². The highest BCUT2D eigenvalue weighted by Gasteiger charge is 2.30. The average Bonchev–Trinajstić information content (AvgIpc) is 2.98. The van der Waals surface area contributed by atoms with E-state index < -0.39 is 11.6 Å². The Hall–Kier alpha value is -3.40. The van der Waals surface area contributed by atoms with Gasteiger partial charge in [-0.2, -0.15) is 0 Å². The molecule has 0 bridgehead atoms. The summed E-state index contributed by atoms with van der Waals surface area (Å²) in [5.74, 6) is 0.880. The number of benzene rings is 3. The van der Waals surface area contributed by atoms with E-state index in [0.29, 0.717) is 32.0 Å². The molecule has 2 fully saturated rings. The Bertz CT molecular complexity index is 1320. The third kappa shape index (κ3) is 6.80. The minimum absolute atomic E-state index is 0.0185. The van der Waals surface area contributed by atoms with Crippen LogP contribution in [0.5, 0.6) is 11.5 Å². The number of nitrogens with zero attached hydrogens (tertiary/aromatic N) is 2. The SMILES string of the molecule is COCCCN1CCOc2ccc(CO[C@H]3CNCC[C@@H]3c3ccc(OC4CN(c5cc(F)cc(F)c5)C4)cc3)cc21. The van der Waals surface area contributed by atoms with Crippen molar-refractivity contribution in [2.24, 2.45) is 0 Å². The Labute approximate surface area is 246 Å². The molecule has 0 aliphatic carbocycles. The summed E-state index contributed by atoms with van der Waals surface area (Å²) in [5.41, 5.74) is 4.05. The van der Waals surface area contributed by atoms with Gasteiger partial charge in [0.2, 0.25) is 0 Å². The minimum atomic E-state index is -0.567. The molecule has 0 unspecified atom stereocenters. The van der Waals surface area contributed by atoms with Crippen molar-refractivity contribution in [1.82, 2.24) is 5.32 Å². The monoisotopic (exact) mass is 579 g/mol. The van der Waals surface area contributed by atoms with Crippen LogP contribution in [0.2, 0.25) is 0 Å². The van der Waals surface area contributed by atoms with Gasteiger partial charge in [0.25, 0.3) is 0 Å². The van der Waals surface area contributed by atoms with Gasteiger partial charge in [-0.25, -0.2) is 8.78 Å². The lowest BCUT2D eigenvalue weighted by atomic mass is 9.87. The molecule has 3 aliphatic heterocycles. The van der Waals surface area contributed by atoms with E-state index in [9.17, 15) is 8.78 Å². The maximum atomic E-state index is 13.5. The van der Waals surface area contributed by atoms with Crippen molar-refractivity contribution in [1.29, 1.82) is 0 Å². The summed E-state index contributed by atoms with van der Waals surface area (Å²) in [6.07, 6.45) is 2.01. The third-order valence-corrected chi connectivity index (χ3v) is 8.32.